The van der Waals surface area contributed by atoms with E-state index in [2.05, 4.69) is 16.0 Å². The van der Waals surface area contributed by atoms with E-state index in [1.54, 1.807) is 31.4 Å². The first-order chi connectivity index (χ1) is 12.1. The van der Waals surface area contributed by atoms with E-state index >= 15 is 0 Å². The Hall–Kier alpha value is -2.44. The number of anilines is 1. The van der Waals surface area contributed by atoms with E-state index in [1.807, 2.05) is 27.7 Å². The molecule has 7 nitrogen and oxygen atoms in total. The van der Waals surface area contributed by atoms with Crippen molar-refractivity contribution in [3.8, 4) is 5.75 Å². The third-order valence-corrected chi connectivity index (χ3v) is 4.22. The summed E-state index contributed by atoms with van der Waals surface area (Å²) in [4.78, 5) is 24.3. The molecule has 1 aliphatic rings. The molecule has 1 atom stereocenters. The third kappa shape index (κ3) is 6.13. The van der Waals surface area contributed by atoms with E-state index in [4.69, 9.17) is 9.47 Å². The first-order valence-corrected chi connectivity index (χ1v) is 8.81. The van der Waals surface area contributed by atoms with Crippen LogP contribution in [0, 0.1) is 5.92 Å². The van der Waals surface area contributed by atoms with Crippen LogP contribution < -0.4 is 20.7 Å². The molecular formula is C19H29N3O4. The summed E-state index contributed by atoms with van der Waals surface area (Å²) >= 11 is 0. The number of amides is 3. The second kappa shape index (κ2) is 7.85. The van der Waals surface area contributed by atoms with Gasteiger partial charge in [-0.3, -0.25) is 0 Å². The van der Waals surface area contributed by atoms with E-state index in [0.29, 0.717) is 18.2 Å². The summed E-state index contributed by atoms with van der Waals surface area (Å²) in [7, 11) is 1.59. The summed E-state index contributed by atoms with van der Waals surface area (Å²) in [6.07, 6.45) is 1.56. The molecule has 26 heavy (non-hydrogen) atoms. The molecule has 1 saturated carbocycles. The molecule has 0 spiro atoms. The third-order valence-electron chi connectivity index (χ3n) is 4.22. The van der Waals surface area contributed by atoms with Crippen LogP contribution in [0.1, 0.15) is 40.5 Å². The van der Waals surface area contributed by atoms with Gasteiger partial charge in [0.15, 0.2) is 0 Å². The Balaban J connectivity index is 1.91. The number of alkyl carbamates (subject to hydrolysis) is 1. The Morgan fingerprint density at radius 1 is 1.12 bits per heavy atom. The maximum absolute atomic E-state index is 12.4. The predicted molar refractivity (Wildman–Crippen MR) is 101 cm³/mol. The number of ether oxygens (including phenoxy) is 2. The molecule has 1 fully saturated rings. The lowest BCUT2D eigenvalue weighted by Gasteiger charge is -2.32. The topological polar surface area (TPSA) is 88.7 Å². The monoisotopic (exact) mass is 363 g/mol. The normalized spacial score (nSPS) is 16.2. The van der Waals surface area contributed by atoms with Crippen LogP contribution >= 0.6 is 0 Å². The largest absolute Gasteiger partial charge is 0.497 e. The lowest BCUT2D eigenvalue weighted by Crippen LogP contribution is -2.56. The Labute approximate surface area is 154 Å². The van der Waals surface area contributed by atoms with E-state index < -0.39 is 17.2 Å². The highest BCUT2D eigenvalue weighted by molar-refractivity contribution is 5.90. The Morgan fingerprint density at radius 2 is 1.73 bits per heavy atom. The van der Waals surface area contributed by atoms with Crippen molar-refractivity contribution in [3.63, 3.8) is 0 Å². The van der Waals surface area contributed by atoms with Crippen LogP contribution in [-0.4, -0.2) is 36.9 Å². The van der Waals surface area contributed by atoms with Crippen LogP contribution in [-0.2, 0) is 4.74 Å². The van der Waals surface area contributed by atoms with Crippen LogP contribution in [0.15, 0.2) is 24.3 Å². The van der Waals surface area contributed by atoms with Crippen molar-refractivity contribution >= 4 is 17.8 Å². The van der Waals surface area contributed by atoms with Gasteiger partial charge in [0.1, 0.15) is 11.4 Å². The van der Waals surface area contributed by atoms with Gasteiger partial charge in [0.25, 0.3) is 0 Å². The number of carbonyl (C=O) groups is 2. The van der Waals surface area contributed by atoms with Crippen LogP contribution in [0.5, 0.6) is 5.75 Å². The van der Waals surface area contributed by atoms with Crippen LogP contribution in [0.3, 0.4) is 0 Å². The maximum Gasteiger partial charge on any atom is 0.407 e. The smallest absolute Gasteiger partial charge is 0.407 e. The molecule has 1 aliphatic carbocycles. The van der Waals surface area contributed by atoms with Crippen LogP contribution in [0.25, 0.3) is 0 Å². The molecule has 3 N–H and O–H groups in total. The predicted octanol–water partition coefficient (Wildman–Crippen LogP) is 3.51. The van der Waals surface area contributed by atoms with E-state index in [9.17, 15) is 9.59 Å². The Kier molecular flexibility index (Phi) is 6.00. The molecule has 0 aromatic heterocycles. The first-order valence-electron chi connectivity index (χ1n) is 8.81. The molecule has 3 amide bonds. The van der Waals surface area contributed by atoms with Gasteiger partial charge in [0.2, 0.25) is 0 Å². The van der Waals surface area contributed by atoms with Crippen LogP contribution in [0.4, 0.5) is 15.3 Å². The Morgan fingerprint density at radius 3 is 2.23 bits per heavy atom. The van der Waals surface area contributed by atoms with Crippen molar-refractivity contribution in [1.82, 2.24) is 10.6 Å². The molecule has 0 bridgehead atoms. The fraction of sp³-hybridized carbons (Fsp3) is 0.579. The van der Waals surface area contributed by atoms with Gasteiger partial charge >= 0.3 is 12.1 Å². The summed E-state index contributed by atoms with van der Waals surface area (Å²) in [5.41, 5.74) is -0.422. The van der Waals surface area contributed by atoms with E-state index in [0.717, 1.165) is 18.6 Å². The van der Waals surface area contributed by atoms with Crippen molar-refractivity contribution < 1.29 is 19.1 Å². The minimum absolute atomic E-state index is 0.308. The van der Waals surface area contributed by atoms with Gasteiger partial charge in [0.05, 0.1) is 12.6 Å². The number of benzene rings is 1. The molecule has 1 aromatic carbocycles. The summed E-state index contributed by atoms with van der Waals surface area (Å²) in [5.74, 6) is 1.05. The lowest BCUT2D eigenvalue weighted by molar-refractivity contribution is 0.0509. The molecule has 0 saturated heterocycles. The molecular weight excluding hydrogens is 334 g/mol. The van der Waals surface area contributed by atoms with Gasteiger partial charge in [0, 0.05) is 12.2 Å². The summed E-state index contributed by atoms with van der Waals surface area (Å²) in [6.45, 7) is 7.69. The van der Waals surface area contributed by atoms with Crippen molar-refractivity contribution in [3.05, 3.63) is 24.3 Å². The molecule has 0 aliphatic heterocycles. The SMILES string of the molecule is COc1ccc(NC(=O)N[C@@](C)(CNC(=O)OC(C)(C)C)C2CC2)cc1. The zero-order chi connectivity index (χ0) is 19.4. The van der Waals surface area contributed by atoms with E-state index in [1.165, 1.54) is 0 Å². The zero-order valence-corrected chi connectivity index (χ0v) is 16.1. The summed E-state index contributed by atoms with van der Waals surface area (Å²) < 4.78 is 10.4. The molecule has 0 unspecified atom stereocenters. The number of hydrogen-bond donors (Lipinski definition) is 3. The number of rotatable bonds is 6. The van der Waals surface area contributed by atoms with Gasteiger partial charge in [-0.15, -0.1) is 0 Å². The average Bonchev–Trinajstić information content (AvgIpc) is 3.37. The fourth-order valence-corrected chi connectivity index (χ4v) is 2.68. The van der Waals surface area contributed by atoms with Crippen molar-refractivity contribution in [2.24, 2.45) is 5.92 Å². The van der Waals surface area contributed by atoms with Crippen molar-refractivity contribution in [1.29, 1.82) is 0 Å². The van der Waals surface area contributed by atoms with Crippen molar-refractivity contribution in [2.75, 3.05) is 19.0 Å². The number of urea groups is 1. The molecule has 0 radical (unpaired) electrons. The van der Waals surface area contributed by atoms with Gasteiger partial charge in [-0.05, 0) is 70.7 Å². The Bertz CT molecular complexity index is 635. The standard InChI is InChI=1S/C19H29N3O4/c1-18(2,3)26-17(24)20-12-19(4,13-6-7-13)22-16(23)21-14-8-10-15(25-5)11-9-14/h8-11,13H,6-7,12H2,1-5H3,(H,20,24)(H2,21,22,23)/t19-/m0/s1. The van der Waals surface area contributed by atoms with Gasteiger partial charge in [-0.1, -0.05) is 0 Å². The molecule has 144 valence electrons. The minimum atomic E-state index is -0.556. The van der Waals surface area contributed by atoms with Gasteiger partial charge < -0.3 is 25.4 Å². The number of methoxy groups -OCH3 is 1. The maximum atomic E-state index is 12.4. The second-order valence-electron chi connectivity index (χ2n) is 7.85. The quantitative estimate of drug-likeness (QED) is 0.721. The molecule has 0 heterocycles. The zero-order valence-electron chi connectivity index (χ0n) is 16.1. The van der Waals surface area contributed by atoms with Crippen LogP contribution in [0.2, 0.25) is 0 Å². The van der Waals surface area contributed by atoms with Gasteiger partial charge in [-0.2, -0.15) is 0 Å². The first kappa shape index (κ1) is 19.9. The second-order valence-corrected chi connectivity index (χ2v) is 7.85. The average molecular weight is 363 g/mol. The summed E-state index contributed by atoms with van der Waals surface area (Å²) in [5, 5.41) is 8.57. The summed E-state index contributed by atoms with van der Waals surface area (Å²) in [6, 6.07) is 6.78. The number of hydrogen-bond acceptors (Lipinski definition) is 4. The lowest BCUT2D eigenvalue weighted by atomic mass is 9.96. The minimum Gasteiger partial charge on any atom is -0.497 e. The molecule has 1 aromatic rings. The molecule has 7 heteroatoms. The fourth-order valence-electron chi connectivity index (χ4n) is 2.68. The van der Waals surface area contributed by atoms with Crippen molar-refractivity contribution in [2.45, 2.75) is 51.7 Å². The van der Waals surface area contributed by atoms with Gasteiger partial charge in [-0.25, -0.2) is 9.59 Å². The highest BCUT2D eigenvalue weighted by Crippen LogP contribution is 2.39. The number of carbonyl (C=O) groups excluding carboxylic acids is 2. The molecule has 2 rings (SSSR count). The highest BCUT2D eigenvalue weighted by Gasteiger charge is 2.43. The highest BCUT2D eigenvalue weighted by atomic mass is 16.6. The number of nitrogens with one attached hydrogen (secondary N) is 3. The van der Waals surface area contributed by atoms with E-state index in [-0.39, 0.29) is 6.03 Å².